The lowest BCUT2D eigenvalue weighted by molar-refractivity contribution is 0.101. The number of benzene rings is 2. The van der Waals surface area contributed by atoms with Crippen molar-refractivity contribution in [3.63, 3.8) is 0 Å². The Balaban J connectivity index is 2.25. The monoisotopic (exact) mass is 366 g/mol. The Hall–Kier alpha value is -2.64. The molecule has 0 heterocycles. The molecule has 1 unspecified atom stereocenters. The van der Waals surface area contributed by atoms with E-state index < -0.39 is 15.1 Å². The molecule has 0 aromatic heterocycles. The number of rotatable bonds is 5. The second-order valence-corrected chi connectivity index (χ2v) is 8.45. The summed E-state index contributed by atoms with van der Waals surface area (Å²) in [6.07, 6.45) is 1.95. The Bertz CT molecular complexity index is 954. The van der Waals surface area contributed by atoms with Gasteiger partial charge in [-0.25, -0.2) is 8.42 Å². The van der Waals surface area contributed by atoms with E-state index in [4.69, 9.17) is 0 Å². The predicted octanol–water partition coefficient (Wildman–Crippen LogP) is 4.44. The van der Waals surface area contributed by atoms with Crippen molar-refractivity contribution in [2.75, 3.05) is 0 Å². The number of hydrogen-bond donors (Lipinski definition) is 0. The first-order valence-electron chi connectivity index (χ1n) is 8.34. The van der Waals surface area contributed by atoms with E-state index in [1.165, 1.54) is 6.92 Å². The van der Waals surface area contributed by atoms with Crippen LogP contribution in [0.4, 0.5) is 0 Å². The van der Waals surface area contributed by atoms with Gasteiger partial charge in [-0.1, -0.05) is 53.8 Å². The largest absolute Gasteiger partial charge is 0.295 e. The van der Waals surface area contributed by atoms with Crippen LogP contribution in [0.3, 0.4) is 0 Å². The molecule has 0 saturated heterocycles. The fourth-order valence-electron chi connectivity index (χ4n) is 2.46. The minimum Gasteiger partial charge on any atom is -0.295 e. The third-order valence-electron chi connectivity index (χ3n) is 3.82. The first-order valence-corrected chi connectivity index (χ1v) is 9.89. The molecule has 2 aromatic rings. The summed E-state index contributed by atoms with van der Waals surface area (Å²) in [4.78, 5) is 11.6. The molecule has 0 amide bonds. The van der Waals surface area contributed by atoms with E-state index in [-0.39, 0.29) is 12.2 Å². The first-order chi connectivity index (χ1) is 12.3. The summed E-state index contributed by atoms with van der Waals surface area (Å²) in [5.74, 6) is 5.96. The highest BCUT2D eigenvalue weighted by Gasteiger charge is 2.24. The zero-order valence-electron chi connectivity index (χ0n) is 15.2. The molecule has 0 aliphatic carbocycles. The lowest BCUT2D eigenvalue weighted by Gasteiger charge is -2.12. The molecule has 4 heteroatoms. The molecule has 26 heavy (non-hydrogen) atoms. The summed E-state index contributed by atoms with van der Waals surface area (Å²) >= 11 is 0. The highest BCUT2D eigenvalue weighted by Crippen LogP contribution is 2.20. The van der Waals surface area contributed by atoms with Gasteiger partial charge in [0.05, 0.1) is 10.1 Å². The van der Waals surface area contributed by atoms with Crippen LogP contribution in [0.25, 0.3) is 0 Å². The van der Waals surface area contributed by atoms with Gasteiger partial charge in [-0.15, -0.1) is 0 Å². The van der Waals surface area contributed by atoms with Crippen molar-refractivity contribution in [3.05, 3.63) is 77.4 Å². The maximum absolute atomic E-state index is 12.9. The molecule has 0 saturated carbocycles. The Morgan fingerprint density at radius 2 is 1.62 bits per heavy atom. The number of allylic oxidation sites excluding steroid dienone is 1. The van der Waals surface area contributed by atoms with Crippen LogP contribution >= 0.6 is 0 Å². The Labute approximate surface area is 155 Å². The second kappa shape index (κ2) is 8.64. The SMILES string of the molecule is CC(=O)c1ccc(C#CCC(C=C(C)C)S(=O)(=O)c2ccccc2)cc1. The second-order valence-electron chi connectivity index (χ2n) is 6.28. The van der Waals surface area contributed by atoms with Crippen molar-refractivity contribution in [1.29, 1.82) is 0 Å². The van der Waals surface area contributed by atoms with Crippen LogP contribution in [0, 0.1) is 11.8 Å². The molecule has 2 rings (SSSR count). The summed E-state index contributed by atoms with van der Waals surface area (Å²) in [5.41, 5.74) is 2.31. The van der Waals surface area contributed by atoms with Gasteiger partial charge in [0, 0.05) is 17.5 Å². The molecule has 2 aromatic carbocycles. The van der Waals surface area contributed by atoms with Gasteiger partial charge in [-0.05, 0) is 45.0 Å². The summed E-state index contributed by atoms with van der Waals surface area (Å²) < 4.78 is 25.8. The van der Waals surface area contributed by atoms with E-state index in [0.29, 0.717) is 10.5 Å². The maximum atomic E-state index is 12.9. The number of Topliss-reactive ketones (excluding diaryl/α,β-unsaturated/α-hetero) is 1. The van der Waals surface area contributed by atoms with Crippen LogP contribution in [-0.2, 0) is 9.84 Å². The lowest BCUT2D eigenvalue weighted by Crippen LogP contribution is -2.19. The summed E-state index contributed by atoms with van der Waals surface area (Å²) in [5, 5.41) is -0.695. The van der Waals surface area contributed by atoms with Gasteiger partial charge in [-0.3, -0.25) is 4.79 Å². The molecule has 0 N–H and O–H groups in total. The molecule has 1 atom stereocenters. The number of hydrogen-bond acceptors (Lipinski definition) is 3. The average Bonchev–Trinajstić information content (AvgIpc) is 2.61. The third-order valence-corrected chi connectivity index (χ3v) is 5.85. The normalized spacial score (nSPS) is 11.8. The maximum Gasteiger partial charge on any atom is 0.185 e. The molecule has 0 bridgehead atoms. The van der Waals surface area contributed by atoms with Crippen LogP contribution in [-0.4, -0.2) is 19.5 Å². The van der Waals surface area contributed by atoms with Crippen LogP contribution in [0.1, 0.15) is 43.1 Å². The smallest absolute Gasteiger partial charge is 0.185 e. The number of carbonyl (C=O) groups is 1. The third kappa shape index (κ3) is 5.18. The molecular formula is C22H22O3S. The van der Waals surface area contributed by atoms with E-state index in [1.54, 1.807) is 60.7 Å². The van der Waals surface area contributed by atoms with Crippen molar-refractivity contribution < 1.29 is 13.2 Å². The quantitative estimate of drug-likeness (QED) is 0.447. The van der Waals surface area contributed by atoms with Crippen molar-refractivity contribution in [3.8, 4) is 11.8 Å². The standard InChI is InChI=1S/C22H22O3S/c1-17(2)16-22(26(24,25)21-9-5-4-6-10-21)11-7-8-19-12-14-20(15-13-19)18(3)23/h4-6,9-10,12-16,22H,11H2,1-3H3. The summed E-state index contributed by atoms with van der Waals surface area (Å²) in [7, 11) is -3.49. The van der Waals surface area contributed by atoms with Gasteiger partial charge in [0.15, 0.2) is 15.6 Å². The molecule has 134 valence electrons. The Morgan fingerprint density at radius 1 is 1.00 bits per heavy atom. The molecule has 0 radical (unpaired) electrons. The zero-order valence-corrected chi connectivity index (χ0v) is 16.0. The molecule has 0 spiro atoms. The van der Waals surface area contributed by atoms with E-state index in [2.05, 4.69) is 11.8 Å². The van der Waals surface area contributed by atoms with E-state index in [1.807, 2.05) is 13.8 Å². The lowest BCUT2D eigenvalue weighted by atomic mass is 10.1. The van der Waals surface area contributed by atoms with Crippen molar-refractivity contribution in [2.45, 2.75) is 37.3 Å². The Morgan fingerprint density at radius 3 is 2.15 bits per heavy atom. The van der Waals surface area contributed by atoms with Gasteiger partial charge in [0.1, 0.15) is 0 Å². The van der Waals surface area contributed by atoms with Gasteiger partial charge in [0.25, 0.3) is 0 Å². The van der Waals surface area contributed by atoms with Crippen molar-refractivity contribution in [2.24, 2.45) is 0 Å². The first kappa shape index (κ1) is 19.7. The van der Waals surface area contributed by atoms with Gasteiger partial charge in [0.2, 0.25) is 0 Å². The average molecular weight is 366 g/mol. The number of sulfone groups is 1. The van der Waals surface area contributed by atoms with Gasteiger partial charge in [-0.2, -0.15) is 0 Å². The van der Waals surface area contributed by atoms with Crippen molar-refractivity contribution in [1.82, 2.24) is 0 Å². The van der Waals surface area contributed by atoms with Gasteiger partial charge >= 0.3 is 0 Å². The van der Waals surface area contributed by atoms with E-state index in [0.717, 1.165) is 11.1 Å². The summed E-state index contributed by atoms with van der Waals surface area (Å²) in [6.45, 7) is 5.27. The van der Waals surface area contributed by atoms with Crippen LogP contribution < -0.4 is 0 Å². The minimum atomic E-state index is -3.49. The summed E-state index contributed by atoms with van der Waals surface area (Å²) in [6, 6.07) is 15.4. The Kier molecular flexibility index (Phi) is 6.54. The highest BCUT2D eigenvalue weighted by molar-refractivity contribution is 7.92. The van der Waals surface area contributed by atoms with Crippen LogP contribution in [0.2, 0.25) is 0 Å². The fraction of sp³-hybridized carbons (Fsp3) is 0.227. The van der Waals surface area contributed by atoms with Crippen molar-refractivity contribution >= 4 is 15.6 Å². The molecule has 0 aliphatic heterocycles. The highest BCUT2D eigenvalue weighted by atomic mass is 32.2. The number of carbonyl (C=O) groups excluding carboxylic acids is 1. The van der Waals surface area contributed by atoms with E-state index in [9.17, 15) is 13.2 Å². The fourth-order valence-corrected chi connectivity index (χ4v) is 4.10. The zero-order chi connectivity index (χ0) is 19.2. The molecular weight excluding hydrogens is 344 g/mol. The predicted molar refractivity (Wildman–Crippen MR) is 105 cm³/mol. The number of ketones is 1. The molecule has 3 nitrogen and oxygen atoms in total. The molecule has 0 aliphatic rings. The topological polar surface area (TPSA) is 51.2 Å². The van der Waals surface area contributed by atoms with Crippen LogP contribution in [0.5, 0.6) is 0 Å². The minimum absolute atomic E-state index is 0.00193. The van der Waals surface area contributed by atoms with Gasteiger partial charge < -0.3 is 0 Å². The van der Waals surface area contributed by atoms with E-state index >= 15 is 0 Å². The molecule has 0 fully saturated rings. The van der Waals surface area contributed by atoms with Crippen LogP contribution in [0.15, 0.2) is 71.1 Å².